The maximum Gasteiger partial charge on any atom is 0.389 e. The molecule has 0 spiro atoms. The van der Waals surface area contributed by atoms with Crippen LogP contribution in [0.5, 0.6) is 0 Å². The molecule has 0 aromatic heterocycles. The van der Waals surface area contributed by atoms with Crippen LogP contribution in [0.4, 0.5) is 13.2 Å². The monoisotopic (exact) mass is 402 g/mol. The molecule has 0 aliphatic carbocycles. The van der Waals surface area contributed by atoms with Crippen molar-refractivity contribution in [2.24, 2.45) is 5.73 Å². The van der Waals surface area contributed by atoms with Gasteiger partial charge in [0.05, 0.1) is 0 Å². The van der Waals surface area contributed by atoms with Gasteiger partial charge in [-0.1, -0.05) is 56.0 Å². The molecule has 0 saturated heterocycles. The minimum Gasteiger partial charge on any atom is -0.460 e. The SMILES string of the molecule is NCCCC[C@H](NCCCCCCCC(F)(F)F)C(=O)OCc1ccccc1. The Hall–Kier alpha value is -1.60. The van der Waals surface area contributed by atoms with Gasteiger partial charge in [-0.15, -0.1) is 0 Å². The Morgan fingerprint density at radius 3 is 2.36 bits per heavy atom. The molecular weight excluding hydrogens is 369 g/mol. The summed E-state index contributed by atoms with van der Waals surface area (Å²) in [6.07, 6.45) is 0.799. The predicted octanol–water partition coefficient (Wildman–Crippen LogP) is 4.72. The van der Waals surface area contributed by atoms with Crippen molar-refractivity contribution in [3.05, 3.63) is 35.9 Å². The lowest BCUT2D eigenvalue weighted by atomic mass is 10.1. The first-order chi connectivity index (χ1) is 13.4. The third kappa shape index (κ3) is 12.7. The van der Waals surface area contributed by atoms with Gasteiger partial charge in [-0.2, -0.15) is 13.2 Å². The fraction of sp³-hybridized carbons (Fsp3) is 0.667. The molecule has 160 valence electrons. The van der Waals surface area contributed by atoms with E-state index in [1.165, 1.54) is 0 Å². The summed E-state index contributed by atoms with van der Waals surface area (Å²) in [6, 6.07) is 9.14. The number of halogens is 3. The highest BCUT2D eigenvalue weighted by molar-refractivity contribution is 5.75. The van der Waals surface area contributed by atoms with Gasteiger partial charge >= 0.3 is 12.1 Å². The van der Waals surface area contributed by atoms with Crippen molar-refractivity contribution in [2.75, 3.05) is 13.1 Å². The van der Waals surface area contributed by atoms with Crippen LogP contribution in [0.15, 0.2) is 30.3 Å². The fourth-order valence-electron chi connectivity index (χ4n) is 2.88. The van der Waals surface area contributed by atoms with Gasteiger partial charge in [0.1, 0.15) is 12.6 Å². The van der Waals surface area contributed by atoms with Gasteiger partial charge in [0, 0.05) is 6.42 Å². The van der Waals surface area contributed by atoms with E-state index in [1.807, 2.05) is 30.3 Å². The number of hydrogen-bond donors (Lipinski definition) is 2. The minimum atomic E-state index is -4.06. The van der Waals surface area contributed by atoms with Crippen LogP contribution >= 0.6 is 0 Å². The third-order valence-corrected chi connectivity index (χ3v) is 4.48. The number of ether oxygens (including phenoxy) is 1. The number of hydrogen-bond acceptors (Lipinski definition) is 4. The number of rotatable bonds is 15. The van der Waals surface area contributed by atoms with Crippen molar-refractivity contribution in [3.63, 3.8) is 0 Å². The number of nitrogens with one attached hydrogen (secondary N) is 1. The number of carbonyl (C=O) groups excluding carboxylic acids is 1. The Kier molecular flexibility index (Phi) is 12.6. The average molecular weight is 403 g/mol. The summed E-state index contributed by atoms with van der Waals surface area (Å²) < 4.78 is 41.7. The van der Waals surface area contributed by atoms with E-state index in [4.69, 9.17) is 10.5 Å². The Morgan fingerprint density at radius 2 is 1.68 bits per heavy atom. The Balaban J connectivity index is 2.25. The second kappa shape index (κ2) is 14.4. The van der Waals surface area contributed by atoms with Crippen LogP contribution in [0.25, 0.3) is 0 Å². The first kappa shape index (κ1) is 24.4. The summed E-state index contributed by atoms with van der Waals surface area (Å²) in [7, 11) is 0. The highest BCUT2D eigenvalue weighted by atomic mass is 19.4. The summed E-state index contributed by atoms with van der Waals surface area (Å²) >= 11 is 0. The second-order valence-electron chi connectivity index (χ2n) is 7.02. The Morgan fingerprint density at radius 1 is 1.00 bits per heavy atom. The van der Waals surface area contributed by atoms with Gasteiger partial charge in [-0.25, -0.2) is 0 Å². The molecule has 1 rings (SSSR count). The normalized spacial score (nSPS) is 12.7. The van der Waals surface area contributed by atoms with E-state index in [-0.39, 0.29) is 25.0 Å². The van der Waals surface area contributed by atoms with Crippen molar-refractivity contribution < 1.29 is 22.7 Å². The minimum absolute atomic E-state index is 0.185. The van der Waals surface area contributed by atoms with E-state index >= 15 is 0 Å². The second-order valence-corrected chi connectivity index (χ2v) is 7.02. The maximum atomic E-state index is 12.4. The molecule has 0 radical (unpaired) electrons. The highest BCUT2D eigenvalue weighted by Crippen LogP contribution is 2.23. The average Bonchev–Trinajstić information content (AvgIpc) is 2.66. The van der Waals surface area contributed by atoms with Crippen molar-refractivity contribution >= 4 is 5.97 Å². The summed E-state index contributed by atoms with van der Waals surface area (Å²) in [4.78, 5) is 12.4. The largest absolute Gasteiger partial charge is 0.460 e. The van der Waals surface area contributed by atoms with E-state index in [9.17, 15) is 18.0 Å². The molecular formula is C21H33F3N2O2. The lowest BCUT2D eigenvalue weighted by molar-refractivity contribution is -0.147. The van der Waals surface area contributed by atoms with Crippen LogP contribution in [-0.4, -0.2) is 31.3 Å². The topological polar surface area (TPSA) is 64.3 Å². The number of unbranched alkanes of at least 4 members (excludes halogenated alkanes) is 5. The van der Waals surface area contributed by atoms with Crippen LogP contribution in [0.2, 0.25) is 0 Å². The van der Waals surface area contributed by atoms with E-state index < -0.39 is 12.6 Å². The summed E-state index contributed by atoms with van der Waals surface area (Å²) in [5, 5.41) is 3.23. The molecule has 0 saturated carbocycles. The van der Waals surface area contributed by atoms with Gasteiger partial charge in [-0.3, -0.25) is 4.79 Å². The highest BCUT2D eigenvalue weighted by Gasteiger charge is 2.25. The van der Waals surface area contributed by atoms with Crippen molar-refractivity contribution in [3.8, 4) is 0 Å². The van der Waals surface area contributed by atoms with E-state index in [2.05, 4.69) is 5.32 Å². The van der Waals surface area contributed by atoms with Crippen LogP contribution < -0.4 is 11.1 Å². The first-order valence-corrected chi connectivity index (χ1v) is 10.1. The molecule has 1 aromatic rings. The quantitative estimate of drug-likeness (QED) is 0.329. The van der Waals surface area contributed by atoms with Crippen LogP contribution in [0, 0.1) is 0 Å². The Bertz CT molecular complexity index is 524. The molecule has 0 aliphatic heterocycles. The predicted molar refractivity (Wildman–Crippen MR) is 105 cm³/mol. The van der Waals surface area contributed by atoms with Crippen molar-refractivity contribution in [1.29, 1.82) is 0 Å². The maximum absolute atomic E-state index is 12.4. The molecule has 0 fully saturated rings. The first-order valence-electron chi connectivity index (χ1n) is 10.1. The van der Waals surface area contributed by atoms with Crippen molar-refractivity contribution in [1.82, 2.24) is 5.32 Å². The molecule has 0 heterocycles. The smallest absolute Gasteiger partial charge is 0.389 e. The number of benzene rings is 1. The molecule has 1 aromatic carbocycles. The lowest BCUT2D eigenvalue weighted by Crippen LogP contribution is -2.38. The number of alkyl halides is 3. The van der Waals surface area contributed by atoms with Gasteiger partial charge in [-0.05, 0) is 44.3 Å². The molecule has 0 unspecified atom stereocenters. The summed E-state index contributed by atoms with van der Waals surface area (Å²) in [5.41, 5.74) is 6.47. The molecule has 1 atom stereocenters. The molecule has 3 N–H and O–H groups in total. The van der Waals surface area contributed by atoms with Gasteiger partial charge in [0.25, 0.3) is 0 Å². The zero-order valence-electron chi connectivity index (χ0n) is 16.5. The van der Waals surface area contributed by atoms with E-state index in [0.717, 1.165) is 37.7 Å². The fourth-order valence-corrected chi connectivity index (χ4v) is 2.88. The number of nitrogens with two attached hydrogens (primary N) is 1. The van der Waals surface area contributed by atoms with Gasteiger partial charge in [0.2, 0.25) is 0 Å². The van der Waals surface area contributed by atoms with Crippen molar-refractivity contribution in [2.45, 2.75) is 76.6 Å². The zero-order chi connectivity index (χ0) is 20.7. The van der Waals surface area contributed by atoms with Gasteiger partial charge < -0.3 is 15.8 Å². The molecule has 7 heteroatoms. The molecule has 28 heavy (non-hydrogen) atoms. The lowest BCUT2D eigenvalue weighted by Gasteiger charge is -2.18. The zero-order valence-corrected chi connectivity index (χ0v) is 16.5. The summed E-state index contributed by atoms with van der Waals surface area (Å²) in [6.45, 7) is 1.48. The van der Waals surface area contributed by atoms with E-state index in [0.29, 0.717) is 25.9 Å². The number of carbonyl (C=O) groups is 1. The van der Waals surface area contributed by atoms with E-state index in [1.54, 1.807) is 0 Å². The molecule has 0 amide bonds. The van der Waals surface area contributed by atoms with Crippen LogP contribution in [0.1, 0.15) is 63.4 Å². The Labute approximate surface area is 166 Å². The number of esters is 1. The molecule has 4 nitrogen and oxygen atoms in total. The third-order valence-electron chi connectivity index (χ3n) is 4.48. The van der Waals surface area contributed by atoms with Gasteiger partial charge in [0.15, 0.2) is 0 Å². The van der Waals surface area contributed by atoms with Crippen LogP contribution in [-0.2, 0) is 16.1 Å². The van der Waals surface area contributed by atoms with Crippen LogP contribution in [0.3, 0.4) is 0 Å². The summed E-state index contributed by atoms with van der Waals surface area (Å²) in [5.74, 6) is -0.272. The molecule has 0 aliphatic rings. The standard InChI is InChI=1S/C21H33F3N2O2/c22-21(23,24)14-8-2-1-3-10-16-26-19(13-7-9-15-25)20(27)28-17-18-11-5-4-6-12-18/h4-6,11-12,19,26H,1-3,7-10,13-17,25H2/t19-/m0/s1. The molecule has 0 bridgehead atoms.